The van der Waals surface area contributed by atoms with Gasteiger partial charge in [-0.3, -0.25) is 0 Å². The van der Waals surface area contributed by atoms with Crippen LogP contribution in [-0.2, 0) is 21.7 Å². The summed E-state index contributed by atoms with van der Waals surface area (Å²) in [5.41, 5.74) is 0. The van der Waals surface area contributed by atoms with Crippen molar-refractivity contribution in [1.82, 2.24) is 0 Å². The third-order valence-electron chi connectivity index (χ3n) is 2.71. The number of hydrogen-bond acceptors (Lipinski definition) is 0. The Morgan fingerprint density at radius 2 is 0.789 bits per heavy atom. The van der Waals surface area contributed by atoms with Crippen molar-refractivity contribution < 1.29 is 46.5 Å². The Morgan fingerprint density at radius 1 is 0.526 bits per heavy atom. The monoisotopic (exact) mass is 344 g/mol. The van der Waals surface area contributed by atoms with Crippen LogP contribution < -0.4 is 24.8 Å². The number of unbranched alkanes of at least 4 members (excludes halogenated alkanes) is 10. The first-order chi connectivity index (χ1) is 7.83. The van der Waals surface area contributed by atoms with Gasteiger partial charge in [-0.15, -0.1) is 0 Å². The molecular formula is C16H34Cl2Ti. The summed E-state index contributed by atoms with van der Waals surface area (Å²) < 4.78 is 0. The molecule has 3 heteroatoms. The van der Waals surface area contributed by atoms with Gasteiger partial charge < -0.3 is 24.8 Å². The molecule has 0 N–H and O–H groups in total. The Hall–Kier alpha value is 1.29. The van der Waals surface area contributed by atoms with Crippen LogP contribution in [0.1, 0.15) is 90.9 Å². The summed E-state index contributed by atoms with van der Waals surface area (Å²) in [5.74, 6) is 0. The molecule has 0 unspecified atom stereocenters. The fourth-order valence-corrected chi connectivity index (χ4v) is 1.56. The summed E-state index contributed by atoms with van der Waals surface area (Å²) in [6.45, 7) is 12.0. The minimum atomic E-state index is 0. The van der Waals surface area contributed by atoms with Crippen LogP contribution >= 0.6 is 0 Å². The van der Waals surface area contributed by atoms with Crippen molar-refractivity contribution in [2.75, 3.05) is 0 Å². The fraction of sp³-hybridized carbons (Fsp3) is 0.875. The van der Waals surface area contributed by atoms with Crippen LogP contribution in [0.2, 0.25) is 0 Å². The minimum Gasteiger partial charge on any atom is -1.00 e. The van der Waals surface area contributed by atoms with Gasteiger partial charge in [0.25, 0.3) is 0 Å². The van der Waals surface area contributed by atoms with Gasteiger partial charge in [-0.1, -0.05) is 105 Å². The summed E-state index contributed by atoms with van der Waals surface area (Å²) in [5, 5.41) is 0. The molecule has 0 aliphatic heterocycles. The van der Waals surface area contributed by atoms with Crippen LogP contribution in [0.25, 0.3) is 0 Å². The van der Waals surface area contributed by atoms with Gasteiger partial charge in [-0.05, 0) is 0 Å². The summed E-state index contributed by atoms with van der Waals surface area (Å²) in [7, 11) is 0. The van der Waals surface area contributed by atoms with Crippen molar-refractivity contribution in [2.45, 2.75) is 90.9 Å². The number of rotatable bonds is 10. The van der Waals surface area contributed by atoms with E-state index in [1.54, 1.807) is 0 Å². The maximum absolute atomic E-state index is 3.78. The quantitative estimate of drug-likeness (QED) is 0.397. The first-order valence-electron chi connectivity index (χ1n) is 7.41. The van der Waals surface area contributed by atoms with Crippen LogP contribution in [0.15, 0.2) is 0 Å². The molecule has 0 amide bonds. The first kappa shape index (κ1) is 32.3. The first-order valence-corrected chi connectivity index (χ1v) is 7.41. The molecule has 19 heavy (non-hydrogen) atoms. The zero-order valence-corrected chi connectivity index (χ0v) is 16.2. The molecule has 0 aliphatic rings. The number of halogens is 2. The van der Waals surface area contributed by atoms with Crippen molar-refractivity contribution in [3.8, 4) is 0 Å². The summed E-state index contributed by atoms with van der Waals surface area (Å²) in [6, 6.07) is 0. The Labute approximate surface area is 151 Å². The Morgan fingerprint density at radius 3 is 1.00 bits per heavy atom. The molecule has 0 rings (SSSR count). The second-order valence-corrected chi connectivity index (χ2v) is 4.54. The summed E-state index contributed by atoms with van der Waals surface area (Å²) in [6.07, 6.45) is 16.0. The maximum atomic E-state index is 3.78. The van der Waals surface area contributed by atoms with E-state index in [-0.39, 0.29) is 46.5 Å². The molecule has 0 spiro atoms. The van der Waals surface area contributed by atoms with E-state index in [0.29, 0.717) is 0 Å². The van der Waals surface area contributed by atoms with Gasteiger partial charge in [-0.2, -0.15) is 0 Å². The Kier molecular flexibility index (Phi) is 62.1. The van der Waals surface area contributed by atoms with Crippen molar-refractivity contribution in [1.29, 1.82) is 0 Å². The minimum absolute atomic E-state index is 0. The molecule has 0 aromatic rings. The molecule has 0 nitrogen and oxygen atoms in total. The molecule has 0 atom stereocenters. The van der Waals surface area contributed by atoms with E-state index in [1.807, 2.05) is 0 Å². The topological polar surface area (TPSA) is 0 Å². The summed E-state index contributed by atoms with van der Waals surface area (Å²) in [4.78, 5) is 0. The molecule has 2 radical (unpaired) electrons. The summed E-state index contributed by atoms with van der Waals surface area (Å²) >= 11 is 0. The Balaban J connectivity index is -0.0000000594. The molecule has 0 aromatic heterocycles. The van der Waals surface area contributed by atoms with E-state index in [2.05, 4.69) is 27.7 Å². The largest absolute Gasteiger partial charge is 2.00 e. The van der Waals surface area contributed by atoms with Crippen LogP contribution in [-0.4, -0.2) is 0 Å². The number of hydrogen-bond donors (Lipinski definition) is 0. The van der Waals surface area contributed by atoms with Crippen LogP contribution in [0.5, 0.6) is 0 Å². The molecule has 116 valence electrons. The van der Waals surface area contributed by atoms with Gasteiger partial charge in [0.1, 0.15) is 0 Å². The van der Waals surface area contributed by atoms with Crippen molar-refractivity contribution in [2.24, 2.45) is 0 Å². The van der Waals surface area contributed by atoms with E-state index in [4.69, 9.17) is 0 Å². The molecule has 0 saturated heterocycles. The standard InChI is InChI=1S/2C8H17.2ClH.Ti/c2*1-3-5-7-8-6-4-2;;;/h2*1,3-8H2,2H3;2*1H;/q;;;;+2/p-2. The van der Waals surface area contributed by atoms with Gasteiger partial charge in [0, 0.05) is 0 Å². The van der Waals surface area contributed by atoms with Gasteiger partial charge >= 0.3 is 21.7 Å². The zero-order chi connectivity index (χ0) is 12.5. The molecular weight excluding hydrogens is 311 g/mol. The maximum Gasteiger partial charge on any atom is 2.00 e. The van der Waals surface area contributed by atoms with E-state index in [1.165, 1.54) is 64.2 Å². The molecule has 0 aromatic carbocycles. The normalized spacial score (nSPS) is 8.21. The predicted molar refractivity (Wildman–Crippen MR) is 77.5 cm³/mol. The SMILES string of the molecule is [CH2]CCCCCCC.[CH2]CCCCCCC.[Cl-].[Cl-].[Ti+2]. The van der Waals surface area contributed by atoms with Crippen LogP contribution in [0.3, 0.4) is 0 Å². The van der Waals surface area contributed by atoms with E-state index >= 15 is 0 Å². The average molecular weight is 345 g/mol. The molecule has 0 aliphatic carbocycles. The van der Waals surface area contributed by atoms with Gasteiger partial charge in [0.05, 0.1) is 0 Å². The smallest absolute Gasteiger partial charge is 1.00 e. The molecule has 0 saturated carbocycles. The fourth-order valence-electron chi connectivity index (χ4n) is 1.56. The van der Waals surface area contributed by atoms with E-state index in [0.717, 1.165) is 12.8 Å². The van der Waals surface area contributed by atoms with Crippen LogP contribution in [0.4, 0.5) is 0 Å². The van der Waals surface area contributed by atoms with Gasteiger partial charge in [0.15, 0.2) is 0 Å². The second kappa shape index (κ2) is 36.5. The molecule has 0 bridgehead atoms. The van der Waals surface area contributed by atoms with Crippen molar-refractivity contribution in [3.05, 3.63) is 13.8 Å². The van der Waals surface area contributed by atoms with E-state index < -0.39 is 0 Å². The molecule has 0 heterocycles. The van der Waals surface area contributed by atoms with E-state index in [9.17, 15) is 0 Å². The van der Waals surface area contributed by atoms with Crippen LogP contribution in [0, 0.1) is 13.8 Å². The third-order valence-corrected chi connectivity index (χ3v) is 2.71. The second-order valence-electron chi connectivity index (χ2n) is 4.54. The zero-order valence-electron chi connectivity index (χ0n) is 13.2. The Bertz CT molecular complexity index is 76.7. The van der Waals surface area contributed by atoms with Gasteiger partial charge in [-0.25, -0.2) is 0 Å². The van der Waals surface area contributed by atoms with Crippen molar-refractivity contribution in [3.63, 3.8) is 0 Å². The van der Waals surface area contributed by atoms with Crippen molar-refractivity contribution >= 4 is 0 Å². The van der Waals surface area contributed by atoms with Gasteiger partial charge in [0.2, 0.25) is 0 Å². The third kappa shape index (κ3) is 45.2. The average Bonchev–Trinajstić information content (AvgIpc) is 2.31. The predicted octanol–water partition coefficient (Wildman–Crippen LogP) is 0.367. The molecule has 0 fully saturated rings.